The Hall–Kier alpha value is -2.64. The number of aromatic nitrogens is 2. The van der Waals surface area contributed by atoms with Gasteiger partial charge in [0.25, 0.3) is 5.56 Å². The first kappa shape index (κ1) is 19.7. The van der Waals surface area contributed by atoms with Gasteiger partial charge in [0.05, 0.1) is 17.2 Å². The highest BCUT2D eigenvalue weighted by Crippen LogP contribution is 2.22. The molecule has 0 spiro atoms. The van der Waals surface area contributed by atoms with Crippen molar-refractivity contribution in [2.75, 3.05) is 11.9 Å². The molecule has 1 atom stereocenters. The Kier molecular flexibility index (Phi) is 5.97. The van der Waals surface area contributed by atoms with E-state index >= 15 is 0 Å². The van der Waals surface area contributed by atoms with Crippen molar-refractivity contribution in [1.82, 2.24) is 14.9 Å². The summed E-state index contributed by atoms with van der Waals surface area (Å²) in [5.74, 6) is -0.266. The van der Waals surface area contributed by atoms with Crippen molar-refractivity contribution < 1.29 is 4.79 Å². The number of carbonyl (C=O) groups is 1. The summed E-state index contributed by atoms with van der Waals surface area (Å²) in [6.45, 7) is 0.969. The molecule has 0 aliphatic carbocycles. The Balaban J connectivity index is 1.46. The molecule has 1 fully saturated rings. The van der Waals surface area contributed by atoms with Gasteiger partial charge in [-0.15, -0.1) is 12.6 Å². The molecule has 1 saturated heterocycles. The third-order valence-corrected chi connectivity index (χ3v) is 5.72. The second kappa shape index (κ2) is 8.80. The number of thiol groups is 1. The van der Waals surface area contributed by atoms with Crippen LogP contribution in [0.1, 0.15) is 24.8 Å². The van der Waals surface area contributed by atoms with Gasteiger partial charge in [-0.25, -0.2) is 4.98 Å². The first-order valence-electron chi connectivity index (χ1n) is 9.89. The van der Waals surface area contributed by atoms with Crippen molar-refractivity contribution >= 4 is 35.1 Å². The maximum atomic E-state index is 12.6. The van der Waals surface area contributed by atoms with Crippen LogP contribution >= 0.6 is 12.6 Å². The summed E-state index contributed by atoms with van der Waals surface area (Å²) in [5, 5.41) is 6.94. The lowest BCUT2D eigenvalue weighted by molar-refractivity contribution is -0.116. The number of hydrogen-bond donors (Lipinski definition) is 3. The maximum Gasteiger partial charge on any atom is 0.261 e. The van der Waals surface area contributed by atoms with E-state index in [0.717, 1.165) is 29.8 Å². The Morgan fingerprint density at radius 2 is 2.10 bits per heavy atom. The summed E-state index contributed by atoms with van der Waals surface area (Å²) in [4.78, 5) is 30.3. The number of benzene rings is 2. The van der Waals surface area contributed by atoms with Crippen molar-refractivity contribution in [3.05, 3.63) is 64.7 Å². The first-order valence-corrected chi connectivity index (χ1v) is 10.3. The number of nitrogens with one attached hydrogen (secondary N) is 2. The van der Waals surface area contributed by atoms with Crippen molar-refractivity contribution in [1.29, 1.82) is 0 Å². The Bertz CT molecular complexity index is 1090. The average molecular weight is 409 g/mol. The zero-order chi connectivity index (χ0) is 20.2. The molecular weight excluding hydrogens is 384 g/mol. The fourth-order valence-electron chi connectivity index (χ4n) is 3.76. The molecule has 4 rings (SSSR count). The van der Waals surface area contributed by atoms with Gasteiger partial charge in [-0.2, -0.15) is 0 Å². The van der Waals surface area contributed by atoms with Crippen LogP contribution in [0.25, 0.3) is 10.9 Å². The highest BCUT2D eigenvalue weighted by molar-refractivity contribution is 7.80. The largest absolute Gasteiger partial charge is 0.325 e. The van der Waals surface area contributed by atoms with E-state index in [9.17, 15) is 9.59 Å². The van der Waals surface area contributed by atoms with Gasteiger partial charge < -0.3 is 10.6 Å². The monoisotopic (exact) mass is 408 g/mol. The van der Waals surface area contributed by atoms with Crippen LogP contribution in [0.5, 0.6) is 0 Å². The molecule has 3 aromatic rings. The minimum absolute atomic E-state index is 0.0845. The Morgan fingerprint density at radius 3 is 2.93 bits per heavy atom. The van der Waals surface area contributed by atoms with E-state index in [1.807, 2.05) is 24.3 Å². The minimum atomic E-state index is -0.266. The molecule has 2 N–H and O–H groups in total. The second-order valence-electron chi connectivity index (χ2n) is 7.44. The molecular formula is C22H24N4O2S. The summed E-state index contributed by atoms with van der Waals surface area (Å²) in [6, 6.07) is 13.3. The molecule has 1 aliphatic heterocycles. The summed E-state index contributed by atoms with van der Waals surface area (Å²) in [6.07, 6.45) is 5.92. The van der Waals surface area contributed by atoms with E-state index in [-0.39, 0.29) is 18.0 Å². The zero-order valence-corrected chi connectivity index (χ0v) is 17.0. The molecule has 29 heavy (non-hydrogen) atoms. The number of para-hydroxylation sites is 1. The van der Waals surface area contributed by atoms with Gasteiger partial charge in [0.15, 0.2) is 0 Å². The summed E-state index contributed by atoms with van der Waals surface area (Å²) < 4.78 is 1.33. The number of nitrogens with zero attached hydrogens (tertiary/aromatic N) is 2. The number of carbonyl (C=O) groups excluding carboxylic acids is 1. The quantitative estimate of drug-likeness (QED) is 0.568. The molecule has 1 aromatic heterocycles. The van der Waals surface area contributed by atoms with E-state index in [1.54, 1.807) is 18.2 Å². The van der Waals surface area contributed by atoms with E-state index in [2.05, 4.69) is 28.2 Å². The van der Waals surface area contributed by atoms with Gasteiger partial charge >= 0.3 is 0 Å². The van der Waals surface area contributed by atoms with Gasteiger partial charge in [0.1, 0.15) is 6.54 Å². The number of rotatable bonds is 5. The predicted molar refractivity (Wildman–Crippen MR) is 118 cm³/mol. The third-order valence-electron chi connectivity index (χ3n) is 5.29. The lowest BCUT2D eigenvalue weighted by atomic mass is 9.97. The van der Waals surface area contributed by atoms with Crippen LogP contribution in [-0.2, 0) is 17.8 Å². The Labute approximate surface area is 174 Å². The minimum Gasteiger partial charge on any atom is -0.325 e. The van der Waals surface area contributed by atoms with Crippen LogP contribution in [0.15, 0.2) is 58.5 Å². The van der Waals surface area contributed by atoms with Crippen LogP contribution in [0.4, 0.5) is 5.69 Å². The molecule has 0 radical (unpaired) electrons. The molecule has 1 amide bonds. The number of amides is 1. The van der Waals surface area contributed by atoms with Crippen LogP contribution in [0.3, 0.4) is 0 Å². The molecule has 0 bridgehead atoms. The molecule has 2 heterocycles. The normalized spacial score (nSPS) is 16.7. The van der Waals surface area contributed by atoms with E-state index in [4.69, 9.17) is 0 Å². The van der Waals surface area contributed by atoms with Gasteiger partial charge in [-0.3, -0.25) is 14.2 Å². The summed E-state index contributed by atoms with van der Waals surface area (Å²) in [5.41, 5.74) is 2.22. The van der Waals surface area contributed by atoms with Crippen LogP contribution in [-0.4, -0.2) is 28.0 Å². The van der Waals surface area contributed by atoms with Gasteiger partial charge in [-0.1, -0.05) is 18.6 Å². The highest BCUT2D eigenvalue weighted by Gasteiger charge is 2.15. The van der Waals surface area contributed by atoms with Crippen molar-refractivity contribution in [2.45, 2.75) is 43.2 Å². The second-order valence-corrected chi connectivity index (χ2v) is 7.92. The maximum absolute atomic E-state index is 12.6. The lowest BCUT2D eigenvalue weighted by Gasteiger charge is -2.24. The Morgan fingerprint density at radius 1 is 1.24 bits per heavy atom. The van der Waals surface area contributed by atoms with E-state index in [0.29, 0.717) is 22.6 Å². The molecule has 6 nitrogen and oxygen atoms in total. The molecule has 0 saturated carbocycles. The fraction of sp³-hybridized carbons (Fsp3) is 0.318. The number of fused-ring (bicyclic) bond motifs is 1. The van der Waals surface area contributed by atoms with E-state index < -0.39 is 0 Å². The third kappa shape index (κ3) is 4.68. The van der Waals surface area contributed by atoms with Gasteiger partial charge in [-0.05, 0) is 61.7 Å². The number of piperidine rings is 1. The number of hydrogen-bond acceptors (Lipinski definition) is 5. The topological polar surface area (TPSA) is 76.0 Å². The molecule has 7 heteroatoms. The molecule has 2 aromatic carbocycles. The van der Waals surface area contributed by atoms with Gasteiger partial charge in [0, 0.05) is 16.6 Å². The molecule has 150 valence electrons. The summed E-state index contributed by atoms with van der Waals surface area (Å²) in [7, 11) is 0. The van der Waals surface area contributed by atoms with Crippen molar-refractivity contribution in [2.24, 2.45) is 0 Å². The van der Waals surface area contributed by atoms with Crippen molar-refractivity contribution in [3.8, 4) is 0 Å². The van der Waals surface area contributed by atoms with Crippen LogP contribution in [0.2, 0.25) is 0 Å². The lowest BCUT2D eigenvalue weighted by Crippen LogP contribution is -2.35. The predicted octanol–water partition coefficient (Wildman–Crippen LogP) is 3.01. The standard InChI is InChI=1S/C22H24N4O2S/c27-21(13-26-14-24-19-7-2-1-6-18(19)22(26)28)25-17-8-9-20(29)15(12-17)11-16-5-3-4-10-23-16/h1-2,6-9,12,14,16,23,29H,3-5,10-11,13H2,(H,25,27). The smallest absolute Gasteiger partial charge is 0.261 e. The number of anilines is 1. The van der Waals surface area contributed by atoms with Crippen LogP contribution < -0.4 is 16.2 Å². The molecule has 1 aliphatic rings. The fourth-order valence-corrected chi connectivity index (χ4v) is 3.99. The molecule has 1 unspecified atom stereocenters. The van der Waals surface area contributed by atoms with E-state index in [1.165, 1.54) is 23.7 Å². The van der Waals surface area contributed by atoms with Crippen LogP contribution in [0, 0.1) is 0 Å². The van der Waals surface area contributed by atoms with Crippen molar-refractivity contribution in [3.63, 3.8) is 0 Å². The highest BCUT2D eigenvalue weighted by atomic mass is 32.1. The van der Waals surface area contributed by atoms with Gasteiger partial charge in [0.2, 0.25) is 5.91 Å². The SMILES string of the molecule is O=C(Cn1cnc2ccccc2c1=O)Nc1ccc(S)c(CC2CCCCN2)c1. The first-order chi connectivity index (χ1) is 14.1. The average Bonchev–Trinajstić information content (AvgIpc) is 2.73. The summed E-state index contributed by atoms with van der Waals surface area (Å²) >= 11 is 4.57. The zero-order valence-electron chi connectivity index (χ0n) is 16.1.